The van der Waals surface area contributed by atoms with Gasteiger partial charge in [-0.05, 0) is 32.9 Å². The fourth-order valence-electron chi connectivity index (χ4n) is 2.26. The van der Waals surface area contributed by atoms with Crippen molar-refractivity contribution in [2.75, 3.05) is 31.6 Å². The van der Waals surface area contributed by atoms with Gasteiger partial charge in [0.1, 0.15) is 5.82 Å². The van der Waals surface area contributed by atoms with Crippen molar-refractivity contribution in [2.45, 2.75) is 26.8 Å². The van der Waals surface area contributed by atoms with Gasteiger partial charge in [-0.1, -0.05) is 0 Å². The zero-order chi connectivity index (χ0) is 13.8. The highest BCUT2D eigenvalue weighted by atomic mass is 16.5. The van der Waals surface area contributed by atoms with Gasteiger partial charge in [0.05, 0.1) is 19.3 Å². The Morgan fingerprint density at radius 3 is 3.05 bits per heavy atom. The SMILES string of the molecule is CCNc1cc(C(=O)N2CCOCC2C)cc(C)n1. The van der Waals surface area contributed by atoms with Crippen molar-refractivity contribution in [2.24, 2.45) is 0 Å². The molecule has 1 aromatic heterocycles. The van der Waals surface area contributed by atoms with Crippen LogP contribution < -0.4 is 5.32 Å². The molecule has 1 aliphatic heterocycles. The highest BCUT2D eigenvalue weighted by Crippen LogP contribution is 2.16. The summed E-state index contributed by atoms with van der Waals surface area (Å²) in [5, 5.41) is 3.15. The largest absolute Gasteiger partial charge is 0.377 e. The number of rotatable bonds is 3. The standard InChI is InChI=1S/C14H21N3O2/c1-4-15-13-8-12(7-10(2)16-13)14(18)17-5-6-19-9-11(17)3/h7-8,11H,4-6,9H2,1-3H3,(H,15,16). The number of aryl methyl sites for hydroxylation is 1. The van der Waals surface area contributed by atoms with Crippen LogP contribution in [-0.2, 0) is 4.74 Å². The molecular formula is C14H21N3O2. The second-order valence-electron chi connectivity index (χ2n) is 4.84. The van der Waals surface area contributed by atoms with Gasteiger partial charge in [0.2, 0.25) is 0 Å². The molecule has 1 amide bonds. The number of aromatic nitrogens is 1. The summed E-state index contributed by atoms with van der Waals surface area (Å²) in [6, 6.07) is 3.78. The van der Waals surface area contributed by atoms with Crippen LogP contribution in [0.25, 0.3) is 0 Å². The lowest BCUT2D eigenvalue weighted by atomic mass is 10.1. The maximum atomic E-state index is 12.5. The molecule has 19 heavy (non-hydrogen) atoms. The summed E-state index contributed by atoms with van der Waals surface area (Å²) in [6.45, 7) is 8.58. The number of anilines is 1. The van der Waals surface area contributed by atoms with Crippen molar-refractivity contribution in [3.8, 4) is 0 Å². The molecule has 0 saturated carbocycles. The van der Waals surface area contributed by atoms with Crippen LogP contribution in [0.3, 0.4) is 0 Å². The van der Waals surface area contributed by atoms with Gasteiger partial charge in [0.15, 0.2) is 0 Å². The van der Waals surface area contributed by atoms with E-state index in [0.29, 0.717) is 25.3 Å². The molecule has 1 aromatic rings. The first kappa shape index (κ1) is 13.8. The van der Waals surface area contributed by atoms with E-state index in [4.69, 9.17) is 4.74 Å². The van der Waals surface area contributed by atoms with Crippen LogP contribution in [0.15, 0.2) is 12.1 Å². The highest BCUT2D eigenvalue weighted by Gasteiger charge is 2.25. The van der Waals surface area contributed by atoms with Crippen LogP contribution in [0, 0.1) is 6.92 Å². The minimum absolute atomic E-state index is 0.0560. The van der Waals surface area contributed by atoms with Crippen LogP contribution in [0.4, 0.5) is 5.82 Å². The number of carbonyl (C=O) groups excluding carboxylic acids is 1. The second kappa shape index (κ2) is 6.02. The van der Waals surface area contributed by atoms with Gasteiger partial charge in [0, 0.05) is 24.3 Å². The Balaban J connectivity index is 2.22. The molecular weight excluding hydrogens is 242 g/mol. The summed E-state index contributed by atoms with van der Waals surface area (Å²) in [7, 11) is 0. The first-order chi connectivity index (χ1) is 9.11. The van der Waals surface area contributed by atoms with Crippen LogP contribution in [0.2, 0.25) is 0 Å². The van der Waals surface area contributed by atoms with Gasteiger partial charge >= 0.3 is 0 Å². The van der Waals surface area contributed by atoms with Gasteiger partial charge in [-0.15, -0.1) is 0 Å². The van der Waals surface area contributed by atoms with Crippen molar-refractivity contribution in [1.29, 1.82) is 0 Å². The van der Waals surface area contributed by atoms with Crippen LogP contribution in [0.1, 0.15) is 29.9 Å². The fraction of sp³-hybridized carbons (Fsp3) is 0.571. The molecule has 1 aliphatic rings. The zero-order valence-corrected chi connectivity index (χ0v) is 11.8. The van der Waals surface area contributed by atoms with Crippen molar-refractivity contribution in [1.82, 2.24) is 9.88 Å². The first-order valence-corrected chi connectivity index (χ1v) is 6.73. The summed E-state index contributed by atoms with van der Waals surface area (Å²) >= 11 is 0. The van der Waals surface area contributed by atoms with Crippen molar-refractivity contribution < 1.29 is 9.53 Å². The van der Waals surface area contributed by atoms with Crippen LogP contribution in [-0.4, -0.2) is 48.1 Å². The van der Waals surface area contributed by atoms with Gasteiger partial charge in [-0.2, -0.15) is 0 Å². The van der Waals surface area contributed by atoms with Crippen molar-refractivity contribution in [3.05, 3.63) is 23.4 Å². The fourth-order valence-corrected chi connectivity index (χ4v) is 2.26. The van der Waals surface area contributed by atoms with E-state index in [1.54, 1.807) is 0 Å². The van der Waals surface area contributed by atoms with E-state index in [-0.39, 0.29) is 11.9 Å². The number of nitrogens with zero attached hydrogens (tertiary/aromatic N) is 2. The molecule has 5 heteroatoms. The Morgan fingerprint density at radius 2 is 2.37 bits per heavy atom. The number of pyridine rings is 1. The lowest BCUT2D eigenvalue weighted by Gasteiger charge is -2.33. The molecule has 1 N–H and O–H groups in total. The molecule has 5 nitrogen and oxygen atoms in total. The molecule has 1 unspecified atom stereocenters. The average Bonchev–Trinajstić information content (AvgIpc) is 2.38. The van der Waals surface area contributed by atoms with E-state index in [2.05, 4.69) is 10.3 Å². The van der Waals surface area contributed by atoms with Crippen LogP contribution >= 0.6 is 0 Å². The normalized spacial score (nSPS) is 19.3. The summed E-state index contributed by atoms with van der Waals surface area (Å²) < 4.78 is 5.37. The minimum Gasteiger partial charge on any atom is -0.377 e. The number of morpholine rings is 1. The number of amides is 1. The maximum absolute atomic E-state index is 12.5. The number of hydrogen-bond acceptors (Lipinski definition) is 4. The molecule has 1 fully saturated rings. The predicted molar refractivity (Wildman–Crippen MR) is 74.5 cm³/mol. The smallest absolute Gasteiger partial charge is 0.254 e. The zero-order valence-electron chi connectivity index (χ0n) is 11.8. The van der Waals surface area contributed by atoms with Crippen molar-refractivity contribution in [3.63, 3.8) is 0 Å². The lowest BCUT2D eigenvalue weighted by Crippen LogP contribution is -2.47. The summed E-state index contributed by atoms with van der Waals surface area (Å²) in [5.41, 5.74) is 1.54. The molecule has 1 saturated heterocycles. The third-order valence-corrected chi connectivity index (χ3v) is 3.19. The van der Waals surface area contributed by atoms with Gasteiger partial charge in [0.25, 0.3) is 5.91 Å². The molecule has 1 atom stereocenters. The quantitative estimate of drug-likeness (QED) is 0.901. The highest BCUT2D eigenvalue weighted by molar-refractivity contribution is 5.95. The number of hydrogen-bond donors (Lipinski definition) is 1. The number of carbonyl (C=O) groups is 1. The Kier molecular flexibility index (Phi) is 4.37. The van der Waals surface area contributed by atoms with Gasteiger partial charge < -0.3 is 15.0 Å². The summed E-state index contributed by atoms with van der Waals surface area (Å²) in [4.78, 5) is 18.8. The molecule has 2 rings (SSSR count). The van der Waals surface area contributed by atoms with E-state index >= 15 is 0 Å². The summed E-state index contributed by atoms with van der Waals surface area (Å²) in [6.07, 6.45) is 0. The molecule has 2 heterocycles. The minimum atomic E-state index is 0.0560. The third kappa shape index (κ3) is 3.23. The molecule has 0 bridgehead atoms. The molecule has 104 valence electrons. The van der Waals surface area contributed by atoms with E-state index in [0.717, 1.165) is 18.1 Å². The second-order valence-corrected chi connectivity index (χ2v) is 4.84. The Bertz CT molecular complexity index is 462. The van der Waals surface area contributed by atoms with Crippen molar-refractivity contribution >= 4 is 11.7 Å². The predicted octanol–water partition coefficient (Wildman–Crippen LogP) is 1.68. The summed E-state index contributed by atoms with van der Waals surface area (Å²) in [5.74, 6) is 0.812. The Hall–Kier alpha value is -1.62. The van der Waals surface area contributed by atoms with E-state index in [9.17, 15) is 4.79 Å². The van der Waals surface area contributed by atoms with Gasteiger partial charge in [-0.25, -0.2) is 4.98 Å². The number of ether oxygens (including phenoxy) is 1. The first-order valence-electron chi connectivity index (χ1n) is 6.73. The number of nitrogens with one attached hydrogen (secondary N) is 1. The third-order valence-electron chi connectivity index (χ3n) is 3.19. The maximum Gasteiger partial charge on any atom is 0.254 e. The van der Waals surface area contributed by atoms with E-state index in [1.165, 1.54) is 0 Å². The van der Waals surface area contributed by atoms with Gasteiger partial charge in [-0.3, -0.25) is 4.79 Å². The molecule has 0 aliphatic carbocycles. The topological polar surface area (TPSA) is 54.5 Å². The average molecular weight is 263 g/mol. The monoisotopic (exact) mass is 263 g/mol. The van der Waals surface area contributed by atoms with Crippen LogP contribution in [0.5, 0.6) is 0 Å². The molecule has 0 radical (unpaired) electrons. The van der Waals surface area contributed by atoms with E-state index in [1.807, 2.05) is 37.8 Å². The lowest BCUT2D eigenvalue weighted by molar-refractivity contribution is 0.00359. The Labute approximate surface area is 114 Å². The Morgan fingerprint density at radius 1 is 1.58 bits per heavy atom. The molecule has 0 aromatic carbocycles. The van der Waals surface area contributed by atoms with E-state index < -0.39 is 0 Å². The molecule has 0 spiro atoms.